The molecule has 132 valence electrons. The van der Waals surface area contributed by atoms with Crippen molar-refractivity contribution < 1.29 is 13.9 Å². The lowest BCUT2D eigenvalue weighted by atomic mass is 9.95. The van der Waals surface area contributed by atoms with Crippen LogP contribution in [0.15, 0.2) is 24.3 Å². The van der Waals surface area contributed by atoms with Gasteiger partial charge in [0.25, 0.3) is 5.91 Å². The molecule has 1 fully saturated rings. The fraction of sp³-hybridized carbons (Fsp3) is 0.474. The number of nitrogens with one attached hydrogen (secondary N) is 1. The summed E-state index contributed by atoms with van der Waals surface area (Å²) in [5.41, 5.74) is 3.42. The molecule has 1 aromatic heterocycles. The van der Waals surface area contributed by atoms with Crippen molar-refractivity contribution in [2.45, 2.75) is 32.1 Å². The Morgan fingerprint density at radius 2 is 2.08 bits per heavy atom. The monoisotopic (exact) mass is 343 g/mol. The molecule has 1 aliphatic heterocycles. The van der Waals surface area contributed by atoms with Gasteiger partial charge in [-0.2, -0.15) is 5.10 Å². The van der Waals surface area contributed by atoms with Crippen molar-refractivity contribution in [3.63, 3.8) is 0 Å². The average molecular weight is 343 g/mol. The van der Waals surface area contributed by atoms with Gasteiger partial charge in [0.05, 0.1) is 12.3 Å². The number of rotatable bonds is 4. The molecule has 4 rings (SSSR count). The Hall–Kier alpha value is -2.21. The fourth-order valence-electron chi connectivity index (χ4n) is 3.64. The molecule has 0 spiro atoms. The molecule has 0 bridgehead atoms. The van der Waals surface area contributed by atoms with Crippen LogP contribution in [0.5, 0.6) is 0 Å². The minimum Gasteiger partial charge on any atom is -0.381 e. The van der Waals surface area contributed by atoms with Crippen LogP contribution in [-0.4, -0.2) is 35.4 Å². The SMILES string of the molecule is O=C(NC[C@@H]1CCOC1)c1nn(-c2ccc(F)cc2)c2c1CCCC2. The number of halogens is 1. The van der Waals surface area contributed by atoms with Crippen LogP contribution >= 0.6 is 0 Å². The fourth-order valence-corrected chi connectivity index (χ4v) is 3.64. The van der Waals surface area contributed by atoms with E-state index in [4.69, 9.17) is 4.74 Å². The van der Waals surface area contributed by atoms with Crippen LogP contribution in [0.4, 0.5) is 4.39 Å². The van der Waals surface area contributed by atoms with Gasteiger partial charge < -0.3 is 10.1 Å². The third kappa shape index (κ3) is 3.31. The number of hydrogen-bond acceptors (Lipinski definition) is 3. The minimum absolute atomic E-state index is 0.120. The molecule has 1 N–H and O–H groups in total. The van der Waals surface area contributed by atoms with Crippen LogP contribution in [0.1, 0.15) is 41.0 Å². The van der Waals surface area contributed by atoms with Gasteiger partial charge in [-0.25, -0.2) is 9.07 Å². The van der Waals surface area contributed by atoms with E-state index in [-0.39, 0.29) is 11.7 Å². The number of amides is 1. The predicted octanol–water partition coefficient (Wildman–Crippen LogP) is 2.66. The van der Waals surface area contributed by atoms with Crippen LogP contribution in [0.2, 0.25) is 0 Å². The van der Waals surface area contributed by atoms with Crippen LogP contribution in [-0.2, 0) is 17.6 Å². The number of hydrogen-bond donors (Lipinski definition) is 1. The molecule has 1 atom stereocenters. The summed E-state index contributed by atoms with van der Waals surface area (Å²) in [5.74, 6) is -0.00797. The topological polar surface area (TPSA) is 56.1 Å². The minimum atomic E-state index is -0.276. The molecule has 0 unspecified atom stereocenters. The summed E-state index contributed by atoms with van der Waals surface area (Å²) in [6.45, 7) is 2.11. The number of carbonyl (C=O) groups is 1. The standard InChI is InChI=1S/C19H22FN3O2/c20-14-5-7-15(8-6-14)23-17-4-2-1-3-16(17)18(22-23)19(24)21-11-13-9-10-25-12-13/h5-8,13H,1-4,9-12H2,(H,21,24)/t13-/m0/s1. The van der Waals surface area contributed by atoms with E-state index >= 15 is 0 Å². The summed E-state index contributed by atoms with van der Waals surface area (Å²) in [7, 11) is 0. The van der Waals surface area contributed by atoms with E-state index in [0.29, 0.717) is 24.8 Å². The lowest BCUT2D eigenvalue weighted by Crippen LogP contribution is -2.30. The molecule has 2 aromatic rings. The van der Waals surface area contributed by atoms with Gasteiger partial charge in [-0.15, -0.1) is 0 Å². The molecule has 1 amide bonds. The largest absolute Gasteiger partial charge is 0.381 e. The van der Waals surface area contributed by atoms with Crippen molar-refractivity contribution in [2.24, 2.45) is 5.92 Å². The van der Waals surface area contributed by atoms with E-state index in [0.717, 1.165) is 55.7 Å². The number of ether oxygens (including phenoxy) is 1. The molecular formula is C19H22FN3O2. The molecule has 1 aliphatic carbocycles. The number of carbonyl (C=O) groups excluding carboxylic acids is 1. The highest BCUT2D eigenvalue weighted by molar-refractivity contribution is 5.94. The zero-order valence-electron chi connectivity index (χ0n) is 14.1. The Morgan fingerprint density at radius 3 is 2.84 bits per heavy atom. The molecule has 0 saturated carbocycles. The lowest BCUT2D eigenvalue weighted by Gasteiger charge is -2.14. The van der Waals surface area contributed by atoms with E-state index in [1.165, 1.54) is 12.1 Å². The second kappa shape index (κ2) is 6.96. The molecule has 2 heterocycles. The second-order valence-electron chi connectivity index (χ2n) is 6.81. The zero-order valence-corrected chi connectivity index (χ0v) is 14.1. The van der Waals surface area contributed by atoms with E-state index < -0.39 is 0 Å². The van der Waals surface area contributed by atoms with Crippen molar-refractivity contribution in [2.75, 3.05) is 19.8 Å². The maximum absolute atomic E-state index is 13.2. The molecule has 25 heavy (non-hydrogen) atoms. The Balaban J connectivity index is 1.61. The Kier molecular flexibility index (Phi) is 4.53. The lowest BCUT2D eigenvalue weighted by molar-refractivity contribution is 0.0938. The number of aromatic nitrogens is 2. The normalized spacial score (nSPS) is 19.6. The summed E-state index contributed by atoms with van der Waals surface area (Å²) in [6, 6.07) is 6.25. The average Bonchev–Trinajstić information content (AvgIpc) is 3.28. The van der Waals surface area contributed by atoms with Crippen LogP contribution in [0.25, 0.3) is 5.69 Å². The van der Waals surface area contributed by atoms with Crippen molar-refractivity contribution in [3.8, 4) is 5.69 Å². The van der Waals surface area contributed by atoms with Gasteiger partial charge in [0.15, 0.2) is 5.69 Å². The predicted molar refractivity (Wildman–Crippen MR) is 91.4 cm³/mol. The van der Waals surface area contributed by atoms with E-state index in [1.54, 1.807) is 12.1 Å². The highest BCUT2D eigenvalue weighted by Crippen LogP contribution is 2.27. The molecule has 1 saturated heterocycles. The second-order valence-corrected chi connectivity index (χ2v) is 6.81. The smallest absolute Gasteiger partial charge is 0.272 e. The van der Waals surface area contributed by atoms with Gasteiger partial charge in [0.1, 0.15) is 5.82 Å². The third-order valence-corrected chi connectivity index (χ3v) is 5.04. The van der Waals surface area contributed by atoms with Crippen LogP contribution in [0, 0.1) is 11.7 Å². The first-order valence-electron chi connectivity index (χ1n) is 8.95. The molecular weight excluding hydrogens is 321 g/mol. The molecule has 6 heteroatoms. The Morgan fingerprint density at radius 1 is 1.28 bits per heavy atom. The number of benzene rings is 1. The van der Waals surface area contributed by atoms with Crippen LogP contribution in [0.3, 0.4) is 0 Å². The molecule has 2 aliphatic rings. The maximum atomic E-state index is 13.2. The Bertz CT molecular complexity index is 764. The third-order valence-electron chi connectivity index (χ3n) is 5.04. The maximum Gasteiger partial charge on any atom is 0.272 e. The van der Waals surface area contributed by atoms with E-state index in [9.17, 15) is 9.18 Å². The van der Waals surface area contributed by atoms with Crippen molar-refractivity contribution in [3.05, 3.63) is 47.0 Å². The van der Waals surface area contributed by atoms with Crippen molar-refractivity contribution >= 4 is 5.91 Å². The van der Waals surface area contributed by atoms with Gasteiger partial charge >= 0.3 is 0 Å². The summed E-state index contributed by atoms with van der Waals surface area (Å²) in [4.78, 5) is 12.7. The zero-order chi connectivity index (χ0) is 17.2. The van der Waals surface area contributed by atoms with Crippen molar-refractivity contribution in [1.82, 2.24) is 15.1 Å². The van der Waals surface area contributed by atoms with Crippen molar-refractivity contribution in [1.29, 1.82) is 0 Å². The van der Waals surface area contributed by atoms with Gasteiger partial charge in [0, 0.05) is 30.3 Å². The summed E-state index contributed by atoms with van der Waals surface area (Å²) < 4.78 is 20.4. The van der Waals surface area contributed by atoms with E-state index in [1.807, 2.05) is 4.68 Å². The van der Waals surface area contributed by atoms with Crippen LogP contribution < -0.4 is 5.32 Å². The highest BCUT2D eigenvalue weighted by atomic mass is 19.1. The van der Waals surface area contributed by atoms with E-state index in [2.05, 4.69) is 10.4 Å². The molecule has 1 aromatic carbocycles. The summed E-state index contributed by atoms with van der Waals surface area (Å²) in [5, 5.41) is 7.60. The number of nitrogens with zero attached hydrogens (tertiary/aromatic N) is 2. The summed E-state index contributed by atoms with van der Waals surface area (Å²) in [6.07, 6.45) is 4.90. The first kappa shape index (κ1) is 16.3. The van der Waals surface area contributed by atoms with Gasteiger partial charge in [-0.05, 0) is 56.4 Å². The first-order chi connectivity index (χ1) is 12.2. The summed E-state index contributed by atoms with van der Waals surface area (Å²) >= 11 is 0. The quantitative estimate of drug-likeness (QED) is 0.929. The molecule has 0 radical (unpaired) electrons. The highest BCUT2D eigenvalue weighted by Gasteiger charge is 2.26. The van der Waals surface area contributed by atoms with Gasteiger partial charge in [0.2, 0.25) is 0 Å². The molecule has 5 nitrogen and oxygen atoms in total. The van der Waals surface area contributed by atoms with Gasteiger partial charge in [-0.1, -0.05) is 0 Å². The first-order valence-corrected chi connectivity index (χ1v) is 8.95. The number of fused-ring (bicyclic) bond motifs is 1. The Labute approximate surface area is 146 Å². The van der Waals surface area contributed by atoms with Gasteiger partial charge in [-0.3, -0.25) is 4.79 Å².